The van der Waals surface area contributed by atoms with Crippen molar-refractivity contribution in [3.63, 3.8) is 0 Å². The second-order valence-electron chi connectivity index (χ2n) is 7.28. The smallest absolute Gasteiger partial charge is 0.229 e. The quantitative estimate of drug-likeness (QED) is 0.752. The molecule has 0 fully saturated rings. The van der Waals surface area contributed by atoms with Crippen molar-refractivity contribution in [3.8, 4) is 0 Å². The molecule has 1 aromatic heterocycles. The Labute approximate surface area is 151 Å². The van der Waals surface area contributed by atoms with Gasteiger partial charge in [0, 0.05) is 30.0 Å². The first-order valence-electron chi connectivity index (χ1n) is 9.47. The third kappa shape index (κ3) is 3.78. The molecule has 1 N–H and O–H groups in total. The van der Waals surface area contributed by atoms with Crippen LogP contribution in [-0.2, 0) is 6.42 Å². The Kier molecular flexibility index (Phi) is 5.26. The second kappa shape index (κ2) is 7.42. The van der Waals surface area contributed by atoms with E-state index in [9.17, 15) is 0 Å². The van der Waals surface area contributed by atoms with Gasteiger partial charge in [0.25, 0.3) is 0 Å². The zero-order chi connectivity index (χ0) is 18.0. The van der Waals surface area contributed by atoms with Crippen LogP contribution in [0.15, 0.2) is 12.1 Å². The monoisotopic (exact) mass is 338 g/mol. The normalized spacial score (nSPS) is 13.2. The first kappa shape index (κ1) is 17.7. The Morgan fingerprint density at radius 2 is 1.76 bits per heavy atom. The van der Waals surface area contributed by atoms with Gasteiger partial charge < -0.3 is 10.2 Å². The van der Waals surface area contributed by atoms with Gasteiger partial charge in [-0.1, -0.05) is 37.5 Å². The fourth-order valence-electron chi connectivity index (χ4n) is 3.80. The van der Waals surface area contributed by atoms with Crippen LogP contribution >= 0.6 is 0 Å². The molecule has 134 valence electrons. The summed E-state index contributed by atoms with van der Waals surface area (Å²) in [6.07, 6.45) is 4.83. The van der Waals surface area contributed by atoms with Gasteiger partial charge in [-0.25, -0.2) is 4.98 Å². The first-order chi connectivity index (χ1) is 12.0. The lowest BCUT2D eigenvalue weighted by atomic mass is 10.1. The van der Waals surface area contributed by atoms with Crippen molar-refractivity contribution in [3.05, 3.63) is 40.1 Å². The Bertz CT molecular complexity index is 744. The van der Waals surface area contributed by atoms with Crippen LogP contribution in [0.25, 0.3) is 0 Å². The largest absolute Gasteiger partial charge is 0.356 e. The zero-order valence-electron chi connectivity index (χ0n) is 16.2. The summed E-state index contributed by atoms with van der Waals surface area (Å²) in [5, 5.41) is 3.48. The van der Waals surface area contributed by atoms with Gasteiger partial charge in [0.1, 0.15) is 5.82 Å². The molecular weight excluding hydrogens is 308 g/mol. The zero-order valence-corrected chi connectivity index (χ0v) is 16.2. The number of nitrogens with one attached hydrogen (secondary N) is 1. The van der Waals surface area contributed by atoms with Crippen LogP contribution in [0.1, 0.15) is 54.1 Å². The third-order valence-corrected chi connectivity index (χ3v) is 5.07. The standard InChI is InChI=1S/C21H30N4/c1-6-7-8-10-25-11-9-18-17(5)22-21(24-20(18)25)23-19-15(3)12-14(2)13-16(19)4/h12-13H,6-11H2,1-5H3,(H,22,23,24). The molecule has 0 amide bonds. The van der Waals surface area contributed by atoms with E-state index in [-0.39, 0.29) is 0 Å². The number of aryl methyl sites for hydroxylation is 4. The predicted molar refractivity (Wildman–Crippen MR) is 106 cm³/mol. The topological polar surface area (TPSA) is 41.1 Å². The minimum atomic E-state index is 0.716. The summed E-state index contributed by atoms with van der Waals surface area (Å²) >= 11 is 0. The van der Waals surface area contributed by atoms with Crippen molar-refractivity contribution >= 4 is 17.5 Å². The summed E-state index contributed by atoms with van der Waals surface area (Å²) in [6, 6.07) is 4.40. The lowest BCUT2D eigenvalue weighted by Crippen LogP contribution is -2.22. The van der Waals surface area contributed by atoms with E-state index in [1.807, 2.05) is 0 Å². The Morgan fingerprint density at radius 3 is 2.44 bits per heavy atom. The summed E-state index contributed by atoms with van der Waals surface area (Å²) in [5.41, 5.74) is 7.31. The number of anilines is 3. The van der Waals surface area contributed by atoms with Crippen molar-refractivity contribution in [2.24, 2.45) is 0 Å². The highest BCUT2D eigenvalue weighted by Gasteiger charge is 2.24. The van der Waals surface area contributed by atoms with Gasteiger partial charge in [0.15, 0.2) is 0 Å². The molecule has 0 radical (unpaired) electrons. The number of fused-ring (bicyclic) bond motifs is 1. The van der Waals surface area contributed by atoms with Gasteiger partial charge in [-0.05, 0) is 51.7 Å². The van der Waals surface area contributed by atoms with E-state index in [1.54, 1.807) is 0 Å². The van der Waals surface area contributed by atoms with E-state index in [0.717, 1.165) is 36.7 Å². The fourth-order valence-corrected chi connectivity index (χ4v) is 3.80. The van der Waals surface area contributed by atoms with E-state index in [2.05, 4.69) is 57.0 Å². The maximum atomic E-state index is 4.88. The molecule has 2 heterocycles. The maximum absolute atomic E-state index is 4.88. The van der Waals surface area contributed by atoms with E-state index in [4.69, 9.17) is 9.97 Å². The maximum Gasteiger partial charge on any atom is 0.229 e. The number of hydrogen-bond donors (Lipinski definition) is 1. The predicted octanol–water partition coefficient (Wildman–Crippen LogP) is 5.01. The average Bonchev–Trinajstić information content (AvgIpc) is 2.95. The summed E-state index contributed by atoms with van der Waals surface area (Å²) in [7, 11) is 0. The number of nitrogens with zero attached hydrogens (tertiary/aromatic N) is 3. The number of rotatable bonds is 6. The van der Waals surface area contributed by atoms with Crippen LogP contribution in [0.2, 0.25) is 0 Å². The third-order valence-electron chi connectivity index (χ3n) is 5.07. The van der Waals surface area contributed by atoms with Crippen molar-refractivity contribution in [1.29, 1.82) is 0 Å². The van der Waals surface area contributed by atoms with Crippen LogP contribution < -0.4 is 10.2 Å². The summed E-state index contributed by atoms with van der Waals surface area (Å²) in [5.74, 6) is 1.85. The molecule has 0 unspecified atom stereocenters. The molecule has 0 spiro atoms. The van der Waals surface area contributed by atoms with Crippen LogP contribution in [-0.4, -0.2) is 23.1 Å². The molecule has 4 nitrogen and oxygen atoms in total. The van der Waals surface area contributed by atoms with E-state index < -0.39 is 0 Å². The highest BCUT2D eigenvalue weighted by molar-refractivity contribution is 5.66. The van der Waals surface area contributed by atoms with Gasteiger partial charge in [0.2, 0.25) is 5.95 Å². The lowest BCUT2D eigenvalue weighted by Gasteiger charge is -2.19. The van der Waals surface area contributed by atoms with Gasteiger partial charge in [-0.2, -0.15) is 4.98 Å². The average molecular weight is 338 g/mol. The van der Waals surface area contributed by atoms with Gasteiger partial charge in [-0.15, -0.1) is 0 Å². The second-order valence-corrected chi connectivity index (χ2v) is 7.28. The minimum Gasteiger partial charge on any atom is -0.356 e. The minimum absolute atomic E-state index is 0.716. The van der Waals surface area contributed by atoms with Crippen LogP contribution in [0.5, 0.6) is 0 Å². The molecule has 4 heteroatoms. The molecule has 0 saturated heterocycles. The van der Waals surface area contributed by atoms with E-state index in [0.29, 0.717) is 5.95 Å². The highest BCUT2D eigenvalue weighted by atomic mass is 15.2. The Balaban J connectivity index is 1.87. The van der Waals surface area contributed by atoms with Gasteiger partial charge >= 0.3 is 0 Å². The van der Waals surface area contributed by atoms with Gasteiger partial charge in [-0.3, -0.25) is 0 Å². The number of unbranched alkanes of at least 4 members (excludes halogenated alkanes) is 2. The summed E-state index contributed by atoms with van der Waals surface area (Å²) in [4.78, 5) is 12.0. The highest BCUT2D eigenvalue weighted by Crippen LogP contribution is 2.31. The summed E-state index contributed by atoms with van der Waals surface area (Å²) in [6.45, 7) is 12.9. The van der Waals surface area contributed by atoms with Crippen molar-refractivity contribution in [2.45, 2.75) is 60.3 Å². The van der Waals surface area contributed by atoms with Crippen molar-refractivity contribution in [2.75, 3.05) is 23.3 Å². The molecule has 1 aromatic carbocycles. The fraction of sp³-hybridized carbons (Fsp3) is 0.524. The molecule has 1 aliphatic heterocycles. The molecule has 2 aromatic rings. The van der Waals surface area contributed by atoms with Gasteiger partial charge in [0.05, 0.1) is 0 Å². The molecule has 0 bridgehead atoms. The number of hydrogen-bond acceptors (Lipinski definition) is 4. The van der Waals surface area contributed by atoms with E-state index in [1.165, 1.54) is 41.5 Å². The Morgan fingerprint density at radius 1 is 1.04 bits per heavy atom. The summed E-state index contributed by atoms with van der Waals surface area (Å²) < 4.78 is 0. The molecule has 3 rings (SSSR count). The van der Waals surface area contributed by atoms with Crippen LogP contribution in [0.3, 0.4) is 0 Å². The molecule has 0 aliphatic carbocycles. The SMILES string of the molecule is CCCCCN1CCc2c(C)nc(Nc3c(C)cc(C)cc3C)nc21. The molecule has 0 atom stereocenters. The first-order valence-corrected chi connectivity index (χ1v) is 9.47. The molecular formula is C21H30N4. The number of aromatic nitrogens is 2. The van der Waals surface area contributed by atoms with Crippen molar-refractivity contribution in [1.82, 2.24) is 9.97 Å². The lowest BCUT2D eigenvalue weighted by molar-refractivity contribution is 0.685. The van der Waals surface area contributed by atoms with E-state index >= 15 is 0 Å². The van der Waals surface area contributed by atoms with Crippen LogP contribution in [0.4, 0.5) is 17.5 Å². The molecule has 0 saturated carbocycles. The molecule has 25 heavy (non-hydrogen) atoms. The number of benzene rings is 1. The van der Waals surface area contributed by atoms with Crippen LogP contribution in [0, 0.1) is 27.7 Å². The molecule has 1 aliphatic rings. The Hall–Kier alpha value is -2.10. The van der Waals surface area contributed by atoms with Crippen molar-refractivity contribution < 1.29 is 0 Å².